The maximum Gasteiger partial charge on any atom is 0.243 e. The molecule has 0 aliphatic carbocycles. The molecule has 6 heteroatoms. The van der Waals surface area contributed by atoms with Crippen molar-refractivity contribution in [2.75, 3.05) is 13.7 Å². The van der Waals surface area contributed by atoms with Crippen LogP contribution < -0.4 is 9.47 Å². The summed E-state index contributed by atoms with van der Waals surface area (Å²) >= 11 is 0. The van der Waals surface area contributed by atoms with Crippen LogP contribution in [-0.4, -0.2) is 32.5 Å². The highest BCUT2D eigenvalue weighted by Gasteiger charge is 2.23. The average molecular weight is 375 g/mol. The van der Waals surface area contributed by atoms with E-state index in [-0.39, 0.29) is 24.1 Å². The van der Waals surface area contributed by atoms with Crippen molar-refractivity contribution < 1.29 is 17.9 Å². The van der Waals surface area contributed by atoms with E-state index in [1.807, 2.05) is 38.1 Å². The Morgan fingerprint density at radius 1 is 1.04 bits per heavy atom. The molecule has 0 unspecified atom stereocenters. The van der Waals surface area contributed by atoms with Crippen molar-refractivity contribution in [2.24, 2.45) is 0 Å². The summed E-state index contributed by atoms with van der Waals surface area (Å²) in [6.45, 7) is 8.07. The topological polar surface area (TPSA) is 55.8 Å². The molecule has 0 radical (unpaired) electrons. The van der Waals surface area contributed by atoms with E-state index in [2.05, 4.69) is 6.58 Å². The van der Waals surface area contributed by atoms with Gasteiger partial charge in [-0.3, -0.25) is 0 Å². The lowest BCUT2D eigenvalue weighted by molar-refractivity contribution is 0.242. The fraction of sp³-hybridized carbons (Fsp3) is 0.300. The van der Waals surface area contributed by atoms with Crippen molar-refractivity contribution >= 4 is 10.0 Å². The van der Waals surface area contributed by atoms with Gasteiger partial charge in [0.15, 0.2) is 0 Å². The third-order valence-electron chi connectivity index (χ3n) is 3.68. The van der Waals surface area contributed by atoms with E-state index in [4.69, 9.17) is 9.47 Å². The zero-order valence-electron chi connectivity index (χ0n) is 15.4. The molecule has 0 saturated heterocycles. The molecule has 0 fully saturated rings. The van der Waals surface area contributed by atoms with Gasteiger partial charge in [-0.25, -0.2) is 8.42 Å². The molecule has 0 heterocycles. The van der Waals surface area contributed by atoms with Crippen molar-refractivity contribution in [1.29, 1.82) is 0 Å². The van der Waals surface area contributed by atoms with Gasteiger partial charge < -0.3 is 9.47 Å². The molecule has 2 aromatic carbocycles. The molecule has 0 spiro atoms. The van der Waals surface area contributed by atoms with Crippen LogP contribution in [0.4, 0.5) is 0 Å². The second-order valence-electron chi connectivity index (χ2n) is 6.07. The smallest absolute Gasteiger partial charge is 0.243 e. The van der Waals surface area contributed by atoms with Gasteiger partial charge >= 0.3 is 0 Å². The molecule has 0 amide bonds. The number of ether oxygens (including phenoxy) is 2. The SMILES string of the molecule is C=CCN(Cc1ccc(OC(C)C)cc1)S(=O)(=O)c1ccc(OC)cc1. The molecule has 2 rings (SSSR count). The molecule has 0 aliphatic heterocycles. The average Bonchev–Trinajstić information content (AvgIpc) is 2.62. The van der Waals surface area contributed by atoms with Crippen LogP contribution in [0, 0.1) is 0 Å². The van der Waals surface area contributed by atoms with Crippen LogP contribution in [0.2, 0.25) is 0 Å². The summed E-state index contributed by atoms with van der Waals surface area (Å²) in [5.41, 5.74) is 0.875. The van der Waals surface area contributed by atoms with Crippen molar-refractivity contribution in [1.82, 2.24) is 4.31 Å². The number of sulfonamides is 1. The largest absolute Gasteiger partial charge is 0.497 e. The van der Waals surface area contributed by atoms with Gasteiger partial charge in [-0.05, 0) is 55.8 Å². The molecule has 2 aromatic rings. The summed E-state index contributed by atoms with van der Waals surface area (Å²) in [7, 11) is -2.10. The highest BCUT2D eigenvalue weighted by molar-refractivity contribution is 7.89. The predicted octanol–water partition coefficient (Wildman–Crippen LogP) is 3.86. The lowest BCUT2D eigenvalue weighted by Gasteiger charge is -2.21. The Labute approximate surface area is 155 Å². The zero-order valence-corrected chi connectivity index (χ0v) is 16.2. The molecule has 26 heavy (non-hydrogen) atoms. The van der Waals surface area contributed by atoms with Crippen LogP contribution in [0.5, 0.6) is 11.5 Å². The molecular weight excluding hydrogens is 350 g/mol. The lowest BCUT2D eigenvalue weighted by atomic mass is 10.2. The summed E-state index contributed by atoms with van der Waals surface area (Å²) in [6.07, 6.45) is 1.67. The van der Waals surface area contributed by atoms with Crippen molar-refractivity contribution in [3.05, 3.63) is 66.7 Å². The molecule has 140 valence electrons. The first-order valence-corrected chi connectivity index (χ1v) is 9.81. The Kier molecular flexibility index (Phi) is 6.83. The molecule has 0 aromatic heterocycles. The molecule has 0 N–H and O–H groups in total. The van der Waals surface area contributed by atoms with E-state index in [9.17, 15) is 8.42 Å². The highest BCUT2D eigenvalue weighted by Crippen LogP contribution is 2.22. The quantitative estimate of drug-likeness (QED) is 0.625. The number of nitrogens with zero attached hydrogens (tertiary/aromatic N) is 1. The van der Waals surface area contributed by atoms with Gasteiger partial charge in [0.1, 0.15) is 11.5 Å². The number of hydrogen-bond donors (Lipinski definition) is 0. The maximum absolute atomic E-state index is 13.0. The maximum atomic E-state index is 13.0. The second kappa shape index (κ2) is 8.87. The van der Waals surface area contributed by atoms with E-state index in [1.165, 1.54) is 4.31 Å². The minimum Gasteiger partial charge on any atom is -0.497 e. The lowest BCUT2D eigenvalue weighted by Crippen LogP contribution is -2.30. The molecule has 0 bridgehead atoms. The van der Waals surface area contributed by atoms with Gasteiger partial charge in [-0.15, -0.1) is 6.58 Å². The fourth-order valence-electron chi connectivity index (χ4n) is 2.44. The molecule has 0 saturated carbocycles. The third kappa shape index (κ3) is 5.09. The van der Waals surface area contributed by atoms with Crippen molar-refractivity contribution in [3.63, 3.8) is 0 Å². The second-order valence-corrected chi connectivity index (χ2v) is 8.01. The zero-order chi connectivity index (χ0) is 19.2. The van der Waals surface area contributed by atoms with Gasteiger partial charge in [0.25, 0.3) is 0 Å². The van der Waals surface area contributed by atoms with E-state index in [0.29, 0.717) is 5.75 Å². The highest BCUT2D eigenvalue weighted by atomic mass is 32.2. The first kappa shape index (κ1) is 20.0. The summed E-state index contributed by atoms with van der Waals surface area (Å²) in [5.74, 6) is 1.37. The first-order valence-electron chi connectivity index (χ1n) is 8.37. The number of methoxy groups -OCH3 is 1. The van der Waals surface area contributed by atoms with Crippen LogP contribution >= 0.6 is 0 Å². The van der Waals surface area contributed by atoms with Gasteiger partial charge in [0.05, 0.1) is 18.1 Å². The van der Waals surface area contributed by atoms with Crippen molar-refractivity contribution in [3.8, 4) is 11.5 Å². The Balaban J connectivity index is 2.22. The molecule has 0 atom stereocenters. The van der Waals surface area contributed by atoms with Crippen LogP contribution in [0.25, 0.3) is 0 Å². The Morgan fingerprint density at radius 2 is 1.62 bits per heavy atom. The molecular formula is C20H25NO4S. The van der Waals surface area contributed by atoms with Gasteiger partial charge in [0, 0.05) is 13.1 Å². The third-order valence-corrected chi connectivity index (χ3v) is 5.51. The molecule has 5 nitrogen and oxygen atoms in total. The monoisotopic (exact) mass is 375 g/mol. The van der Waals surface area contributed by atoms with E-state index in [1.54, 1.807) is 37.5 Å². The van der Waals surface area contributed by atoms with Gasteiger partial charge in [-0.2, -0.15) is 4.31 Å². The minimum atomic E-state index is -3.64. The van der Waals surface area contributed by atoms with Gasteiger partial charge in [-0.1, -0.05) is 18.2 Å². The summed E-state index contributed by atoms with van der Waals surface area (Å²) in [4.78, 5) is 0.222. The predicted molar refractivity (Wildman–Crippen MR) is 103 cm³/mol. The summed E-state index contributed by atoms with van der Waals surface area (Å²) < 4.78 is 38.0. The van der Waals surface area contributed by atoms with Crippen LogP contribution in [-0.2, 0) is 16.6 Å². The summed E-state index contributed by atoms with van der Waals surface area (Å²) in [5, 5.41) is 0. The van der Waals surface area contributed by atoms with E-state index < -0.39 is 10.0 Å². The first-order chi connectivity index (χ1) is 12.4. The number of benzene rings is 2. The normalized spacial score (nSPS) is 11.6. The molecule has 0 aliphatic rings. The van der Waals surface area contributed by atoms with Crippen LogP contribution in [0.1, 0.15) is 19.4 Å². The Morgan fingerprint density at radius 3 is 2.12 bits per heavy atom. The summed E-state index contributed by atoms with van der Waals surface area (Å²) in [6, 6.07) is 13.8. The van der Waals surface area contributed by atoms with Gasteiger partial charge in [0.2, 0.25) is 10.0 Å². The number of hydrogen-bond acceptors (Lipinski definition) is 4. The standard InChI is InChI=1S/C20H25NO4S/c1-5-14-21(15-17-6-8-19(9-7-17)25-16(2)3)26(22,23)20-12-10-18(24-4)11-13-20/h5-13,16H,1,14-15H2,2-4H3. The Hall–Kier alpha value is -2.31. The van der Waals surface area contributed by atoms with E-state index >= 15 is 0 Å². The van der Waals surface area contributed by atoms with Crippen LogP contribution in [0.15, 0.2) is 66.1 Å². The number of rotatable bonds is 9. The van der Waals surface area contributed by atoms with Crippen molar-refractivity contribution in [2.45, 2.75) is 31.4 Å². The van der Waals surface area contributed by atoms with Crippen LogP contribution in [0.3, 0.4) is 0 Å². The Bertz CT molecular complexity index is 812. The van der Waals surface area contributed by atoms with E-state index in [0.717, 1.165) is 11.3 Å². The fourth-order valence-corrected chi connectivity index (χ4v) is 3.84. The minimum absolute atomic E-state index is 0.0913.